The van der Waals surface area contributed by atoms with Crippen LogP contribution in [0, 0.1) is 5.92 Å². The largest absolute Gasteiger partial charge is 0.480 e. The van der Waals surface area contributed by atoms with Gasteiger partial charge in [0.25, 0.3) is 0 Å². The Kier molecular flexibility index (Phi) is 5.82. The van der Waals surface area contributed by atoms with E-state index in [2.05, 4.69) is 23.8 Å². The van der Waals surface area contributed by atoms with Gasteiger partial charge in [0.2, 0.25) is 0 Å². The molecule has 2 atom stereocenters. The molecule has 0 aromatic heterocycles. The molecule has 1 heterocycles. The van der Waals surface area contributed by atoms with Crippen LogP contribution in [0.25, 0.3) is 0 Å². The number of hydrogen-bond acceptors (Lipinski definition) is 3. The molecular weight excluding hydrogens is 246 g/mol. The van der Waals surface area contributed by atoms with E-state index in [4.69, 9.17) is 5.11 Å². The van der Waals surface area contributed by atoms with Crippen molar-refractivity contribution in [3.05, 3.63) is 12.7 Å². The molecule has 1 fully saturated rings. The molecule has 1 aliphatic heterocycles. The molecule has 0 saturated carbocycles. The Balaban J connectivity index is 2.42. The first-order valence-electron chi connectivity index (χ1n) is 6.48. The van der Waals surface area contributed by atoms with Gasteiger partial charge in [-0.2, -0.15) is 0 Å². The number of hydrogen-bond donors (Lipinski definition) is 2. The fourth-order valence-electron chi connectivity index (χ4n) is 2.29. The summed E-state index contributed by atoms with van der Waals surface area (Å²) in [6.45, 7) is 6.17. The molecule has 0 aromatic carbocycles. The second kappa shape index (κ2) is 7.13. The van der Waals surface area contributed by atoms with Crippen molar-refractivity contribution in [1.29, 1.82) is 0 Å². The van der Waals surface area contributed by atoms with Gasteiger partial charge in [0.15, 0.2) is 0 Å². The topological polar surface area (TPSA) is 72.9 Å². The molecule has 1 aliphatic rings. The summed E-state index contributed by atoms with van der Waals surface area (Å²) in [4.78, 5) is 26.6. The Hall–Kier alpha value is -1.56. The number of carbonyl (C=O) groups excluding carboxylic acids is 1. The summed E-state index contributed by atoms with van der Waals surface area (Å²) in [6.07, 6.45) is 2.79. The van der Waals surface area contributed by atoms with Crippen molar-refractivity contribution in [1.82, 2.24) is 15.1 Å². The number of likely N-dealkylation sites (tertiary alicyclic amines) is 1. The Bertz CT molecular complexity index is 346. The van der Waals surface area contributed by atoms with E-state index in [1.165, 1.54) is 6.08 Å². The monoisotopic (exact) mass is 269 g/mol. The summed E-state index contributed by atoms with van der Waals surface area (Å²) in [5, 5.41) is 11.5. The van der Waals surface area contributed by atoms with Crippen LogP contribution in [0.15, 0.2) is 12.7 Å². The van der Waals surface area contributed by atoms with Crippen LogP contribution in [0.5, 0.6) is 0 Å². The van der Waals surface area contributed by atoms with Gasteiger partial charge in [-0.1, -0.05) is 6.08 Å². The van der Waals surface area contributed by atoms with Gasteiger partial charge in [-0.3, -0.25) is 0 Å². The number of carboxylic acid groups (broad SMARTS) is 1. The van der Waals surface area contributed by atoms with Crippen molar-refractivity contribution >= 4 is 12.0 Å². The number of nitrogens with zero attached hydrogens (tertiary/aromatic N) is 2. The lowest BCUT2D eigenvalue weighted by atomic mass is 10.1. The highest BCUT2D eigenvalue weighted by atomic mass is 16.4. The first-order valence-corrected chi connectivity index (χ1v) is 6.48. The number of carboxylic acids is 1. The van der Waals surface area contributed by atoms with Crippen LogP contribution in [-0.2, 0) is 4.79 Å². The van der Waals surface area contributed by atoms with Gasteiger partial charge in [-0.25, -0.2) is 9.59 Å². The zero-order chi connectivity index (χ0) is 14.4. The highest BCUT2D eigenvalue weighted by Crippen LogP contribution is 2.15. The number of urea groups is 1. The van der Waals surface area contributed by atoms with Crippen LogP contribution in [0.1, 0.15) is 12.8 Å². The average molecular weight is 269 g/mol. The lowest BCUT2D eigenvalue weighted by Crippen LogP contribution is -2.47. The zero-order valence-corrected chi connectivity index (χ0v) is 11.6. The van der Waals surface area contributed by atoms with Gasteiger partial charge in [-0.05, 0) is 32.4 Å². The zero-order valence-electron chi connectivity index (χ0n) is 11.6. The van der Waals surface area contributed by atoms with Crippen LogP contribution in [0.4, 0.5) is 4.79 Å². The molecule has 0 bridgehead atoms. The third kappa shape index (κ3) is 4.90. The second-order valence-corrected chi connectivity index (χ2v) is 5.16. The predicted octanol–water partition coefficient (Wildman–Crippen LogP) is 0.609. The van der Waals surface area contributed by atoms with Crippen molar-refractivity contribution in [3.8, 4) is 0 Å². The Morgan fingerprint density at radius 3 is 2.79 bits per heavy atom. The lowest BCUT2D eigenvalue weighted by molar-refractivity contribution is -0.139. The first-order chi connectivity index (χ1) is 8.93. The number of nitrogens with one attached hydrogen (secondary N) is 1. The Morgan fingerprint density at radius 2 is 2.32 bits per heavy atom. The molecule has 0 aliphatic carbocycles. The summed E-state index contributed by atoms with van der Waals surface area (Å²) in [6, 6.07) is -1.25. The number of rotatable bonds is 6. The highest BCUT2D eigenvalue weighted by molar-refractivity contribution is 5.82. The predicted molar refractivity (Wildman–Crippen MR) is 73.0 cm³/mol. The molecule has 0 spiro atoms. The summed E-state index contributed by atoms with van der Waals surface area (Å²) < 4.78 is 0. The van der Waals surface area contributed by atoms with Crippen LogP contribution in [-0.4, -0.2) is 66.7 Å². The van der Waals surface area contributed by atoms with Gasteiger partial charge < -0.3 is 20.2 Å². The van der Waals surface area contributed by atoms with E-state index in [1.54, 1.807) is 11.9 Å². The summed E-state index contributed by atoms with van der Waals surface area (Å²) >= 11 is 0. The van der Waals surface area contributed by atoms with E-state index in [1.807, 2.05) is 0 Å². The number of carbonyl (C=O) groups is 2. The van der Waals surface area contributed by atoms with Crippen molar-refractivity contribution < 1.29 is 14.7 Å². The molecule has 6 heteroatoms. The summed E-state index contributed by atoms with van der Waals surface area (Å²) in [7, 11) is 3.76. The standard InChI is InChI=1S/C13H23N3O3/c1-4-5-11(12(17)18)14-13(19)16(3)9-10-6-7-15(2)8-10/h4,10-11H,1,5-9H2,2-3H3,(H,14,19)(H,17,18). The lowest BCUT2D eigenvalue weighted by Gasteiger charge is -2.23. The van der Waals surface area contributed by atoms with Crippen molar-refractivity contribution in [2.75, 3.05) is 33.7 Å². The minimum atomic E-state index is -1.04. The van der Waals surface area contributed by atoms with E-state index >= 15 is 0 Å². The number of aliphatic carboxylic acids is 1. The second-order valence-electron chi connectivity index (χ2n) is 5.16. The molecule has 2 unspecified atom stereocenters. The van der Waals surface area contributed by atoms with E-state index < -0.39 is 12.0 Å². The fourth-order valence-corrected chi connectivity index (χ4v) is 2.29. The third-order valence-electron chi connectivity index (χ3n) is 3.37. The van der Waals surface area contributed by atoms with Crippen molar-refractivity contribution in [2.24, 2.45) is 5.92 Å². The van der Waals surface area contributed by atoms with Crippen molar-refractivity contribution in [3.63, 3.8) is 0 Å². The molecule has 1 rings (SSSR count). The van der Waals surface area contributed by atoms with Crippen LogP contribution < -0.4 is 5.32 Å². The minimum absolute atomic E-state index is 0.223. The average Bonchev–Trinajstić information content (AvgIpc) is 2.73. The van der Waals surface area contributed by atoms with E-state index in [0.29, 0.717) is 12.5 Å². The van der Waals surface area contributed by atoms with E-state index in [0.717, 1.165) is 19.5 Å². The third-order valence-corrected chi connectivity index (χ3v) is 3.37. The van der Waals surface area contributed by atoms with Gasteiger partial charge in [-0.15, -0.1) is 6.58 Å². The molecule has 0 radical (unpaired) electrons. The smallest absolute Gasteiger partial charge is 0.326 e. The molecule has 1 saturated heterocycles. The molecule has 19 heavy (non-hydrogen) atoms. The van der Waals surface area contributed by atoms with Gasteiger partial charge >= 0.3 is 12.0 Å². The van der Waals surface area contributed by atoms with E-state index in [9.17, 15) is 9.59 Å². The SMILES string of the molecule is C=CCC(NC(=O)N(C)CC1CCN(C)C1)C(=O)O. The van der Waals surface area contributed by atoms with Crippen molar-refractivity contribution in [2.45, 2.75) is 18.9 Å². The molecule has 2 amide bonds. The number of amides is 2. The van der Waals surface area contributed by atoms with Crippen LogP contribution in [0.3, 0.4) is 0 Å². The van der Waals surface area contributed by atoms with Crippen LogP contribution >= 0.6 is 0 Å². The molecule has 2 N–H and O–H groups in total. The maximum atomic E-state index is 11.9. The van der Waals surface area contributed by atoms with Gasteiger partial charge in [0, 0.05) is 20.1 Å². The molecule has 108 valence electrons. The molecular formula is C13H23N3O3. The molecule has 0 aromatic rings. The fraction of sp³-hybridized carbons (Fsp3) is 0.692. The minimum Gasteiger partial charge on any atom is -0.480 e. The van der Waals surface area contributed by atoms with Gasteiger partial charge in [0.1, 0.15) is 6.04 Å². The quantitative estimate of drug-likeness (QED) is 0.693. The Labute approximate surface area is 114 Å². The Morgan fingerprint density at radius 1 is 1.63 bits per heavy atom. The summed E-state index contributed by atoms with van der Waals surface area (Å²) in [5.74, 6) is -0.578. The molecule has 6 nitrogen and oxygen atoms in total. The summed E-state index contributed by atoms with van der Waals surface area (Å²) in [5.41, 5.74) is 0. The highest BCUT2D eigenvalue weighted by Gasteiger charge is 2.24. The van der Waals surface area contributed by atoms with Crippen LogP contribution in [0.2, 0.25) is 0 Å². The maximum Gasteiger partial charge on any atom is 0.326 e. The van der Waals surface area contributed by atoms with E-state index in [-0.39, 0.29) is 12.5 Å². The maximum absolute atomic E-state index is 11.9. The first kappa shape index (κ1) is 15.5. The van der Waals surface area contributed by atoms with Gasteiger partial charge in [0.05, 0.1) is 0 Å². The normalized spacial score (nSPS) is 20.8.